The minimum Gasteiger partial charge on any atom is -0.451 e. The van der Waals surface area contributed by atoms with Crippen LogP contribution < -0.4 is 4.90 Å². The fraction of sp³-hybridized carbons (Fsp3) is 0.0417. The monoisotopic (exact) mass is 451 g/mol. The molecule has 1 aliphatic rings. The molecule has 148 valence electrons. The number of nitrogens with zero attached hydrogens (tertiary/aromatic N) is 1. The summed E-state index contributed by atoms with van der Waals surface area (Å²) in [6.45, 7) is 1.94. The van der Waals surface area contributed by atoms with Crippen LogP contribution in [0.5, 0.6) is 0 Å². The summed E-state index contributed by atoms with van der Waals surface area (Å²) in [5, 5.41) is 1.23. The van der Waals surface area contributed by atoms with Gasteiger partial charge >= 0.3 is 0 Å². The molecule has 0 saturated heterocycles. The maximum Gasteiger partial charge on any atom is 0.298 e. The molecular weight excluding hydrogens is 437 g/mol. The number of hydrogen-bond donors (Lipinski definition) is 0. The lowest BCUT2D eigenvalue weighted by Gasteiger charge is -2.30. The summed E-state index contributed by atoms with van der Waals surface area (Å²) in [6, 6.07) is 22.5. The van der Waals surface area contributed by atoms with Gasteiger partial charge in [0.2, 0.25) is 0 Å². The molecule has 30 heavy (non-hydrogen) atoms. The van der Waals surface area contributed by atoms with Crippen LogP contribution in [0.1, 0.15) is 16.1 Å². The Morgan fingerprint density at radius 3 is 2.53 bits per heavy atom. The molecule has 6 heteroatoms. The second-order valence-corrected chi connectivity index (χ2v) is 8.88. The Kier molecular flexibility index (Phi) is 4.86. The number of aryl methyl sites for hydroxylation is 1. The van der Waals surface area contributed by atoms with E-state index in [9.17, 15) is 4.79 Å². The first-order valence-corrected chi connectivity index (χ1v) is 10.9. The maximum absolute atomic E-state index is 13.6. The SMILES string of the molecule is Cc1ccc(-c2ccc(C(=O)N3c4ccccc4Sc4ccc(Cl)cc43)o2)cc1Cl. The molecule has 0 unspecified atom stereocenters. The fourth-order valence-electron chi connectivity index (χ4n) is 3.41. The standard InChI is InChI=1S/C24H15Cl2NO2S/c1-14-6-7-15(12-17(14)26)20-9-10-21(29-20)24(28)27-18-4-2-3-5-22(18)30-23-11-8-16(25)13-19(23)27/h2-13H,1H3. The number of halogens is 2. The van der Waals surface area contributed by atoms with Crippen molar-refractivity contribution in [2.24, 2.45) is 0 Å². The first-order valence-electron chi connectivity index (χ1n) is 9.28. The van der Waals surface area contributed by atoms with E-state index in [4.69, 9.17) is 27.6 Å². The molecule has 0 fully saturated rings. The molecule has 3 aromatic carbocycles. The Hall–Kier alpha value is -2.66. The molecular formula is C24H15Cl2NO2S. The van der Waals surface area contributed by atoms with Gasteiger partial charge in [0.15, 0.2) is 5.76 Å². The number of carbonyl (C=O) groups excluding carboxylic acids is 1. The van der Waals surface area contributed by atoms with E-state index in [0.29, 0.717) is 15.8 Å². The van der Waals surface area contributed by atoms with Gasteiger partial charge in [0.1, 0.15) is 5.76 Å². The second-order valence-electron chi connectivity index (χ2n) is 6.95. The van der Waals surface area contributed by atoms with Crippen molar-refractivity contribution in [1.29, 1.82) is 0 Å². The third kappa shape index (κ3) is 3.31. The first-order chi connectivity index (χ1) is 14.5. The fourth-order valence-corrected chi connectivity index (χ4v) is 4.80. The summed E-state index contributed by atoms with van der Waals surface area (Å²) < 4.78 is 5.95. The summed E-state index contributed by atoms with van der Waals surface area (Å²) in [7, 11) is 0. The van der Waals surface area contributed by atoms with Crippen molar-refractivity contribution in [3.05, 3.63) is 94.2 Å². The van der Waals surface area contributed by atoms with Gasteiger partial charge in [-0.3, -0.25) is 9.69 Å². The largest absolute Gasteiger partial charge is 0.451 e. The van der Waals surface area contributed by atoms with Gasteiger partial charge in [0, 0.05) is 25.4 Å². The summed E-state index contributed by atoms with van der Waals surface area (Å²) in [6.07, 6.45) is 0. The highest BCUT2D eigenvalue weighted by Crippen LogP contribution is 2.49. The molecule has 0 aliphatic carbocycles. The molecule has 1 amide bonds. The number of furan rings is 1. The highest BCUT2D eigenvalue weighted by Gasteiger charge is 2.30. The van der Waals surface area contributed by atoms with E-state index in [-0.39, 0.29) is 11.7 Å². The number of carbonyl (C=O) groups is 1. The zero-order chi connectivity index (χ0) is 20.8. The number of hydrogen-bond acceptors (Lipinski definition) is 3. The summed E-state index contributed by atoms with van der Waals surface area (Å²) in [5.41, 5.74) is 3.35. The van der Waals surface area contributed by atoms with Crippen LogP contribution >= 0.6 is 35.0 Å². The summed E-state index contributed by atoms with van der Waals surface area (Å²) in [4.78, 5) is 17.2. The Labute approximate surface area is 188 Å². The van der Waals surface area contributed by atoms with Crippen molar-refractivity contribution >= 4 is 52.2 Å². The number of para-hydroxylation sites is 1. The quantitative estimate of drug-likeness (QED) is 0.309. The minimum atomic E-state index is -0.254. The normalized spacial score (nSPS) is 12.4. The molecule has 0 spiro atoms. The predicted octanol–water partition coefficient (Wildman–Crippen LogP) is 8.00. The van der Waals surface area contributed by atoms with Gasteiger partial charge in [-0.2, -0.15) is 0 Å². The molecule has 5 rings (SSSR count). The third-order valence-corrected chi connectivity index (χ3v) is 6.74. The van der Waals surface area contributed by atoms with Gasteiger partial charge in [-0.25, -0.2) is 0 Å². The van der Waals surface area contributed by atoms with E-state index >= 15 is 0 Å². The molecule has 1 aromatic heterocycles. The summed E-state index contributed by atoms with van der Waals surface area (Å²) in [5.74, 6) is 0.580. The summed E-state index contributed by atoms with van der Waals surface area (Å²) >= 11 is 14.1. The van der Waals surface area contributed by atoms with Gasteiger partial charge in [-0.15, -0.1) is 0 Å². The van der Waals surface area contributed by atoms with E-state index in [2.05, 4.69) is 0 Å². The topological polar surface area (TPSA) is 33.5 Å². The van der Waals surface area contributed by atoms with E-state index < -0.39 is 0 Å². The lowest BCUT2D eigenvalue weighted by molar-refractivity contribution is 0.0972. The van der Waals surface area contributed by atoms with E-state index in [1.165, 1.54) is 0 Å². The van der Waals surface area contributed by atoms with Gasteiger partial charge in [-0.1, -0.05) is 59.2 Å². The average molecular weight is 452 g/mol. The Morgan fingerprint density at radius 1 is 0.900 bits per heavy atom. The van der Waals surface area contributed by atoms with Crippen molar-refractivity contribution in [1.82, 2.24) is 0 Å². The maximum atomic E-state index is 13.6. The van der Waals surface area contributed by atoms with Crippen molar-refractivity contribution in [3.8, 4) is 11.3 Å². The number of rotatable bonds is 2. The third-order valence-electron chi connectivity index (χ3n) is 4.96. The van der Waals surface area contributed by atoms with Crippen molar-refractivity contribution in [3.63, 3.8) is 0 Å². The van der Waals surface area contributed by atoms with Crippen LogP contribution in [0, 0.1) is 6.92 Å². The highest BCUT2D eigenvalue weighted by atomic mass is 35.5. The van der Waals surface area contributed by atoms with Crippen LogP contribution in [0.3, 0.4) is 0 Å². The number of amides is 1. The zero-order valence-corrected chi connectivity index (χ0v) is 18.2. The molecule has 4 aromatic rings. The van der Waals surface area contributed by atoms with Gasteiger partial charge in [0.25, 0.3) is 5.91 Å². The number of fused-ring (bicyclic) bond motifs is 2. The number of anilines is 2. The highest BCUT2D eigenvalue weighted by molar-refractivity contribution is 7.99. The first kappa shape index (κ1) is 19.3. The van der Waals surface area contributed by atoms with E-state index in [0.717, 1.165) is 32.3 Å². The number of benzene rings is 3. The second kappa shape index (κ2) is 7.55. The molecule has 2 heterocycles. The van der Waals surface area contributed by atoms with E-state index in [1.807, 2.05) is 61.5 Å². The van der Waals surface area contributed by atoms with Crippen molar-refractivity contribution in [2.75, 3.05) is 4.90 Å². The Bertz CT molecular complexity index is 1300. The molecule has 0 N–H and O–H groups in total. The van der Waals surface area contributed by atoms with Crippen molar-refractivity contribution < 1.29 is 9.21 Å². The van der Waals surface area contributed by atoms with Crippen LogP contribution in [0.4, 0.5) is 11.4 Å². The van der Waals surface area contributed by atoms with Crippen LogP contribution in [0.2, 0.25) is 10.0 Å². The van der Waals surface area contributed by atoms with Crippen LogP contribution in [-0.4, -0.2) is 5.91 Å². The van der Waals surface area contributed by atoms with E-state index in [1.54, 1.807) is 34.9 Å². The lowest BCUT2D eigenvalue weighted by atomic mass is 10.1. The zero-order valence-electron chi connectivity index (χ0n) is 15.9. The molecule has 0 saturated carbocycles. The van der Waals surface area contributed by atoms with Gasteiger partial charge in [0.05, 0.1) is 11.4 Å². The molecule has 3 nitrogen and oxygen atoms in total. The molecule has 0 radical (unpaired) electrons. The molecule has 0 bridgehead atoms. The van der Waals surface area contributed by atoms with Gasteiger partial charge < -0.3 is 4.42 Å². The molecule has 0 atom stereocenters. The van der Waals surface area contributed by atoms with Crippen LogP contribution in [0.25, 0.3) is 11.3 Å². The van der Waals surface area contributed by atoms with Gasteiger partial charge in [-0.05, 0) is 61.0 Å². The van der Waals surface area contributed by atoms with Crippen molar-refractivity contribution in [2.45, 2.75) is 16.7 Å². The average Bonchev–Trinajstić information content (AvgIpc) is 3.24. The van der Waals surface area contributed by atoms with Crippen LogP contribution in [0.15, 0.2) is 87.0 Å². The van der Waals surface area contributed by atoms with Crippen LogP contribution in [-0.2, 0) is 0 Å². The Balaban J connectivity index is 1.58. The lowest BCUT2D eigenvalue weighted by Crippen LogP contribution is -2.28. The minimum absolute atomic E-state index is 0.245. The predicted molar refractivity (Wildman–Crippen MR) is 122 cm³/mol. The smallest absolute Gasteiger partial charge is 0.298 e. The molecule has 1 aliphatic heterocycles. The Morgan fingerprint density at radius 2 is 1.70 bits per heavy atom.